The molecule has 3 rings (SSSR count). The van der Waals surface area contributed by atoms with E-state index in [1.807, 2.05) is 60.0 Å². The summed E-state index contributed by atoms with van der Waals surface area (Å²) in [5.74, 6) is 1.59. The maximum atomic E-state index is 12.2. The predicted molar refractivity (Wildman–Crippen MR) is 109 cm³/mol. The zero-order valence-electron chi connectivity index (χ0n) is 16.4. The van der Waals surface area contributed by atoms with E-state index in [0.29, 0.717) is 19.4 Å². The molecule has 0 aliphatic rings. The lowest BCUT2D eigenvalue weighted by atomic mass is 10.1. The summed E-state index contributed by atoms with van der Waals surface area (Å²) in [5.41, 5.74) is 2.72. The van der Waals surface area contributed by atoms with Crippen LogP contribution < -0.4 is 10.1 Å². The molecule has 1 unspecified atom stereocenters. The molecule has 0 saturated carbocycles. The molecule has 1 aromatic heterocycles. The van der Waals surface area contributed by atoms with Crippen molar-refractivity contribution in [2.75, 3.05) is 13.7 Å². The Morgan fingerprint density at radius 3 is 2.54 bits per heavy atom. The van der Waals surface area contributed by atoms with Crippen LogP contribution in [-0.4, -0.2) is 34.9 Å². The fraction of sp³-hybridized carbons (Fsp3) is 0.318. The highest BCUT2D eigenvalue weighted by molar-refractivity contribution is 5.84. The molecule has 146 valence electrons. The SMILES string of the molecule is COc1ccc(CC(=O)NCCc2nc3ccccc3n2C(C)C(C)=O)cc1. The highest BCUT2D eigenvalue weighted by atomic mass is 16.5. The number of carbonyl (C=O) groups excluding carboxylic acids is 2. The van der Waals surface area contributed by atoms with Gasteiger partial charge in [-0.15, -0.1) is 0 Å². The lowest BCUT2D eigenvalue weighted by molar-refractivity contribution is -0.121. The number of methoxy groups -OCH3 is 1. The van der Waals surface area contributed by atoms with Crippen LogP contribution in [0.2, 0.25) is 0 Å². The Balaban J connectivity index is 1.65. The first-order valence-electron chi connectivity index (χ1n) is 9.35. The third-order valence-corrected chi connectivity index (χ3v) is 4.84. The Morgan fingerprint density at radius 1 is 1.14 bits per heavy atom. The van der Waals surface area contributed by atoms with Gasteiger partial charge in [0.05, 0.1) is 30.6 Å². The predicted octanol–water partition coefficient (Wildman–Crippen LogP) is 3.10. The minimum Gasteiger partial charge on any atom is -0.497 e. The second-order valence-corrected chi connectivity index (χ2v) is 6.80. The summed E-state index contributed by atoms with van der Waals surface area (Å²) in [5, 5.41) is 2.94. The average Bonchev–Trinajstić information content (AvgIpc) is 3.06. The smallest absolute Gasteiger partial charge is 0.224 e. The highest BCUT2D eigenvalue weighted by Gasteiger charge is 2.18. The molecule has 1 atom stereocenters. The third kappa shape index (κ3) is 4.39. The number of carbonyl (C=O) groups is 2. The Kier molecular flexibility index (Phi) is 6.09. The normalized spacial score (nSPS) is 12.0. The molecule has 6 heteroatoms. The Morgan fingerprint density at radius 2 is 1.86 bits per heavy atom. The zero-order chi connectivity index (χ0) is 20.1. The van der Waals surface area contributed by atoms with Crippen molar-refractivity contribution in [2.45, 2.75) is 32.7 Å². The average molecular weight is 379 g/mol. The van der Waals surface area contributed by atoms with Crippen molar-refractivity contribution in [1.82, 2.24) is 14.9 Å². The van der Waals surface area contributed by atoms with Crippen LogP contribution in [0.25, 0.3) is 11.0 Å². The van der Waals surface area contributed by atoms with Crippen LogP contribution in [0.15, 0.2) is 48.5 Å². The van der Waals surface area contributed by atoms with Crippen LogP contribution in [0.5, 0.6) is 5.75 Å². The minimum atomic E-state index is -0.294. The number of fused-ring (bicyclic) bond motifs is 1. The summed E-state index contributed by atoms with van der Waals surface area (Å²) >= 11 is 0. The van der Waals surface area contributed by atoms with Crippen molar-refractivity contribution in [3.63, 3.8) is 0 Å². The van der Waals surface area contributed by atoms with E-state index in [9.17, 15) is 9.59 Å². The van der Waals surface area contributed by atoms with Crippen LogP contribution in [-0.2, 0) is 22.4 Å². The number of Topliss-reactive ketones (excluding diaryl/α,β-unsaturated/α-hetero) is 1. The fourth-order valence-electron chi connectivity index (χ4n) is 3.19. The fourth-order valence-corrected chi connectivity index (χ4v) is 3.19. The molecule has 3 aromatic rings. The van der Waals surface area contributed by atoms with E-state index < -0.39 is 0 Å². The van der Waals surface area contributed by atoms with Gasteiger partial charge < -0.3 is 14.6 Å². The molecular formula is C22H25N3O3. The highest BCUT2D eigenvalue weighted by Crippen LogP contribution is 2.22. The van der Waals surface area contributed by atoms with E-state index in [0.717, 1.165) is 28.2 Å². The first-order chi connectivity index (χ1) is 13.5. The quantitative estimate of drug-likeness (QED) is 0.653. The van der Waals surface area contributed by atoms with E-state index >= 15 is 0 Å². The number of hydrogen-bond acceptors (Lipinski definition) is 4. The first kappa shape index (κ1) is 19.6. The number of benzene rings is 2. The molecule has 0 fully saturated rings. The maximum absolute atomic E-state index is 12.2. The summed E-state index contributed by atoms with van der Waals surface area (Å²) in [6.07, 6.45) is 0.866. The number of rotatable bonds is 8. The monoisotopic (exact) mass is 379 g/mol. The Labute approximate surface area is 164 Å². The summed E-state index contributed by atoms with van der Waals surface area (Å²) in [7, 11) is 1.61. The van der Waals surface area contributed by atoms with Crippen molar-refractivity contribution in [2.24, 2.45) is 0 Å². The van der Waals surface area contributed by atoms with Crippen molar-refractivity contribution < 1.29 is 14.3 Å². The molecule has 1 amide bonds. The van der Waals surface area contributed by atoms with Gasteiger partial charge in [-0.1, -0.05) is 24.3 Å². The van der Waals surface area contributed by atoms with E-state index in [1.165, 1.54) is 0 Å². The number of amides is 1. The van der Waals surface area contributed by atoms with Crippen molar-refractivity contribution in [3.8, 4) is 5.75 Å². The van der Waals surface area contributed by atoms with Crippen LogP contribution in [0.4, 0.5) is 0 Å². The van der Waals surface area contributed by atoms with Crippen molar-refractivity contribution in [1.29, 1.82) is 0 Å². The van der Waals surface area contributed by atoms with Crippen LogP contribution >= 0.6 is 0 Å². The molecule has 0 spiro atoms. The van der Waals surface area contributed by atoms with Gasteiger partial charge in [0.2, 0.25) is 5.91 Å². The second-order valence-electron chi connectivity index (χ2n) is 6.80. The molecule has 1 N–H and O–H groups in total. The van der Waals surface area contributed by atoms with Gasteiger partial charge in [0, 0.05) is 13.0 Å². The van der Waals surface area contributed by atoms with Crippen molar-refractivity contribution in [3.05, 3.63) is 59.9 Å². The maximum Gasteiger partial charge on any atom is 0.224 e. The first-order valence-corrected chi connectivity index (χ1v) is 9.35. The van der Waals surface area contributed by atoms with E-state index in [2.05, 4.69) is 10.3 Å². The van der Waals surface area contributed by atoms with Crippen molar-refractivity contribution >= 4 is 22.7 Å². The molecule has 6 nitrogen and oxygen atoms in total. The lowest BCUT2D eigenvalue weighted by Gasteiger charge is -2.15. The van der Waals surface area contributed by atoms with Gasteiger partial charge >= 0.3 is 0 Å². The van der Waals surface area contributed by atoms with Crippen LogP contribution in [0.3, 0.4) is 0 Å². The zero-order valence-corrected chi connectivity index (χ0v) is 16.4. The van der Waals surface area contributed by atoms with Gasteiger partial charge in [-0.2, -0.15) is 0 Å². The van der Waals surface area contributed by atoms with E-state index in [4.69, 9.17) is 4.74 Å². The lowest BCUT2D eigenvalue weighted by Crippen LogP contribution is -2.28. The number of imidazole rings is 1. The minimum absolute atomic E-state index is 0.0487. The number of hydrogen-bond donors (Lipinski definition) is 1. The second kappa shape index (κ2) is 8.69. The van der Waals surface area contributed by atoms with Gasteiger partial charge in [-0.25, -0.2) is 4.98 Å². The number of ketones is 1. The molecule has 0 saturated heterocycles. The summed E-state index contributed by atoms with van der Waals surface area (Å²) in [4.78, 5) is 28.8. The van der Waals surface area contributed by atoms with Gasteiger partial charge in [0.25, 0.3) is 0 Å². The number of ether oxygens (including phenoxy) is 1. The Bertz CT molecular complexity index is 976. The summed E-state index contributed by atoms with van der Waals surface area (Å²) in [6.45, 7) is 3.92. The Hall–Kier alpha value is -3.15. The molecule has 1 heterocycles. The van der Waals surface area contributed by atoms with Gasteiger partial charge in [-0.3, -0.25) is 9.59 Å². The van der Waals surface area contributed by atoms with Gasteiger partial charge in [-0.05, 0) is 43.7 Å². The largest absolute Gasteiger partial charge is 0.497 e. The molecule has 0 radical (unpaired) electrons. The summed E-state index contributed by atoms with van der Waals surface area (Å²) < 4.78 is 7.09. The standard InChI is InChI=1S/C22H25N3O3/c1-15(16(2)26)25-20-7-5-4-6-19(20)24-21(25)12-13-23-22(27)14-17-8-10-18(28-3)11-9-17/h4-11,15H,12-14H2,1-3H3,(H,23,27). The number of nitrogens with zero attached hydrogens (tertiary/aromatic N) is 2. The molecule has 0 aliphatic carbocycles. The molecular weight excluding hydrogens is 354 g/mol. The third-order valence-electron chi connectivity index (χ3n) is 4.84. The topological polar surface area (TPSA) is 73.2 Å². The number of para-hydroxylation sites is 2. The molecule has 2 aromatic carbocycles. The molecule has 0 aliphatic heterocycles. The number of aromatic nitrogens is 2. The summed E-state index contributed by atoms with van der Waals surface area (Å²) in [6, 6.07) is 14.9. The van der Waals surface area contributed by atoms with E-state index in [1.54, 1.807) is 14.0 Å². The van der Waals surface area contributed by atoms with Gasteiger partial charge in [0.1, 0.15) is 11.6 Å². The van der Waals surface area contributed by atoms with Crippen LogP contribution in [0, 0.1) is 0 Å². The van der Waals surface area contributed by atoms with E-state index in [-0.39, 0.29) is 17.7 Å². The molecule has 0 bridgehead atoms. The van der Waals surface area contributed by atoms with Crippen LogP contribution in [0.1, 0.15) is 31.3 Å². The van der Waals surface area contributed by atoms with Gasteiger partial charge in [0.15, 0.2) is 5.78 Å². The number of nitrogens with one attached hydrogen (secondary N) is 1. The molecule has 28 heavy (non-hydrogen) atoms.